The van der Waals surface area contributed by atoms with E-state index in [2.05, 4.69) is 25.9 Å². The molecule has 1 aliphatic rings. The van der Waals surface area contributed by atoms with Crippen LogP contribution in [0.15, 0.2) is 59.9 Å². The Kier molecular flexibility index (Phi) is 3.73. The Morgan fingerprint density at radius 2 is 1.84 bits per heavy atom. The van der Waals surface area contributed by atoms with Crippen LogP contribution in [0.3, 0.4) is 0 Å². The molecule has 126 valence electrons. The molecule has 0 saturated heterocycles. The summed E-state index contributed by atoms with van der Waals surface area (Å²) < 4.78 is 23.2. The summed E-state index contributed by atoms with van der Waals surface area (Å²) in [6, 6.07) is 10.7. The number of hydrogen-bond acceptors (Lipinski definition) is 6. The zero-order valence-corrected chi connectivity index (χ0v) is 14.4. The van der Waals surface area contributed by atoms with Crippen LogP contribution in [-0.4, -0.2) is 29.6 Å². The minimum atomic E-state index is -3.20. The number of benzene rings is 1. The highest BCUT2D eigenvalue weighted by atomic mass is 32.2. The van der Waals surface area contributed by atoms with Crippen LogP contribution in [0.4, 0.5) is 5.82 Å². The second-order valence-corrected chi connectivity index (χ2v) is 8.04. The van der Waals surface area contributed by atoms with E-state index in [-0.39, 0.29) is 0 Å². The van der Waals surface area contributed by atoms with Gasteiger partial charge in [0.2, 0.25) is 0 Å². The van der Waals surface area contributed by atoms with Crippen LogP contribution in [0, 0.1) is 0 Å². The fraction of sp³-hybridized carbons (Fsp3) is 0.167. The molecule has 2 aromatic heterocycles. The van der Waals surface area contributed by atoms with Crippen molar-refractivity contribution in [1.82, 2.24) is 15.0 Å². The fourth-order valence-corrected chi connectivity index (χ4v) is 3.51. The summed E-state index contributed by atoms with van der Waals surface area (Å²) in [6.45, 7) is 1.47. The first kappa shape index (κ1) is 15.7. The average Bonchev–Trinajstić information content (AvgIpc) is 3.05. The van der Waals surface area contributed by atoms with Crippen molar-refractivity contribution in [2.45, 2.75) is 18.0 Å². The lowest BCUT2D eigenvalue weighted by atomic mass is 10.2. The lowest BCUT2D eigenvalue weighted by Gasteiger charge is -2.16. The zero-order valence-electron chi connectivity index (χ0n) is 13.6. The van der Waals surface area contributed by atoms with Crippen molar-refractivity contribution in [1.29, 1.82) is 0 Å². The molecule has 0 saturated carbocycles. The maximum Gasteiger partial charge on any atom is 0.175 e. The molecule has 0 atom stereocenters. The van der Waals surface area contributed by atoms with E-state index in [4.69, 9.17) is 0 Å². The van der Waals surface area contributed by atoms with Crippen LogP contribution < -0.4 is 4.90 Å². The molecule has 0 amide bonds. The van der Waals surface area contributed by atoms with Gasteiger partial charge < -0.3 is 4.90 Å². The molecule has 0 aliphatic carbocycles. The van der Waals surface area contributed by atoms with Gasteiger partial charge in [0.1, 0.15) is 5.82 Å². The molecule has 3 aromatic rings. The SMILES string of the molecule is CS(=O)(=O)c1ccc(-c2cncc(N3Cc4cccnc4C3)n2)cc1. The van der Waals surface area contributed by atoms with Crippen molar-refractivity contribution in [3.8, 4) is 11.3 Å². The normalized spacial score (nSPS) is 13.7. The Hall–Kier alpha value is -2.80. The predicted octanol–water partition coefficient (Wildman–Crippen LogP) is 2.46. The van der Waals surface area contributed by atoms with E-state index >= 15 is 0 Å². The molecule has 0 N–H and O–H groups in total. The topological polar surface area (TPSA) is 76.1 Å². The standard InChI is InChI=1S/C18H16N4O2S/c1-25(23,24)15-6-4-13(5-7-15)16-9-19-10-18(21-16)22-11-14-3-2-8-20-17(14)12-22/h2-10H,11-12H2,1H3. The van der Waals surface area contributed by atoms with Crippen LogP contribution in [0.1, 0.15) is 11.3 Å². The quantitative estimate of drug-likeness (QED) is 0.721. The van der Waals surface area contributed by atoms with Gasteiger partial charge in [-0.1, -0.05) is 18.2 Å². The molecule has 25 heavy (non-hydrogen) atoms. The van der Waals surface area contributed by atoms with E-state index in [1.165, 1.54) is 11.8 Å². The first-order valence-corrected chi connectivity index (χ1v) is 9.70. The number of fused-ring (bicyclic) bond motifs is 1. The summed E-state index contributed by atoms with van der Waals surface area (Å²) in [5, 5.41) is 0. The second-order valence-electron chi connectivity index (χ2n) is 6.02. The maximum absolute atomic E-state index is 11.6. The predicted molar refractivity (Wildman–Crippen MR) is 94.7 cm³/mol. The first-order chi connectivity index (χ1) is 12.0. The third kappa shape index (κ3) is 3.10. The van der Waals surface area contributed by atoms with Crippen molar-refractivity contribution < 1.29 is 8.42 Å². The van der Waals surface area contributed by atoms with E-state index in [1.54, 1.807) is 42.9 Å². The van der Waals surface area contributed by atoms with Gasteiger partial charge in [-0.15, -0.1) is 0 Å². The van der Waals surface area contributed by atoms with Crippen LogP contribution in [0.5, 0.6) is 0 Å². The monoisotopic (exact) mass is 352 g/mol. The van der Waals surface area contributed by atoms with Crippen LogP contribution in [0.25, 0.3) is 11.3 Å². The van der Waals surface area contributed by atoms with Gasteiger partial charge in [-0.3, -0.25) is 9.97 Å². The zero-order chi connectivity index (χ0) is 17.4. The largest absolute Gasteiger partial charge is 0.345 e. The number of sulfone groups is 1. The second kappa shape index (κ2) is 5.93. The third-order valence-corrected chi connectivity index (χ3v) is 5.34. The Bertz CT molecular complexity index is 1010. The molecule has 1 aromatic carbocycles. The van der Waals surface area contributed by atoms with E-state index in [9.17, 15) is 8.42 Å². The van der Waals surface area contributed by atoms with Crippen molar-refractivity contribution >= 4 is 15.7 Å². The van der Waals surface area contributed by atoms with Crippen molar-refractivity contribution in [3.63, 3.8) is 0 Å². The molecular weight excluding hydrogens is 336 g/mol. The van der Waals surface area contributed by atoms with Crippen molar-refractivity contribution in [2.24, 2.45) is 0 Å². The van der Waals surface area contributed by atoms with Crippen LogP contribution in [-0.2, 0) is 22.9 Å². The molecule has 6 nitrogen and oxygen atoms in total. The highest BCUT2D eigenvalue weighted by molar-refractivity contribution is 7.90. The molecule has 0 unspecified atom stereocenters. The number of nitrogens with zero attached hydrogens (tertiary/aromatic N) is 4. The summed E-state index contributed by atoms with van der Waals surface area (Å²) in [5.74, 6) is 0.780. The first-order valence-electron chi connectivity index (χ1n) is 7.81. The number of pyridine rings is 1. The molecule has 7 heteroatoms. The van der Waals surface area contributed by atoms with E-state index in [0.717, 1.165) is 23.6 Å². The van der Waals surface area contributed by atoms with Crippen LogP contribution >= 0.6 is 0 Å². The number of anilines is 1. The fourth-order valence-electron chi connectivity index (χ4n) is 2.88. The molecule has 0 spiro atoms. The average molecular weight is 352 g/mol. The minimum Gasteiger partial charge on any atom is -0.345 e. The number of hydrogen-bond donors (Lipinski definition) is 0. The highest BCUT2D eigenvalue weighted by Gasteiger charge is 2.21. The van der Waals surface area contributed by atoms with Gasteiger partial charge in [0, 0.05) is 24.6 Å². The van der Waals surface area contributed by atoms with Gasteiger partial charge in [0.05, 0.1) is 35.2 Å². The third-order valence-electron chi connectivity index (χ3n) is 4.21. The minimum absolute atomic E-state index is 0.293. The van der Waals surface area contributed by atoms with Gasteiger partial charge in [-0.25, -0.2) is 13.4 Å². The Balaban J connectivity index is 1.62. The molecule has 3 heterocycles. The summed E-state index contributed by atoms with van der Waals surface area (Å²) in [4.78, 5) is 15.8. The summed E-state index contributed by atoms with van der Waals surface area (Å²) in [6.07, 6.45) is 6.41. The molecule has 1 aliphatic heterocycles. The van der Waals surface area contributed by atoms with Crippen molar-refractivity contribution in [2.75, 3.05) is 11.2 Å². The van der Waals surface area contributed by atoms with E-state index < -0.39 is 9.84 Å². The lowest BCUT2D eigenvalue weighted by molar-refractivity contribution is 0.602. The number of rotatable bonds is 3. The highest BCUT2D eigenvalue weighted by Crippen LogP contribution is 2.27. The van der Waals surface area contributed by atoms with Gasteiger partial charge in [-0.2, -0.15) is 0 Å². The molecule has 0 fully saturated rings. The van der Waals surface area contributed by atoms with Gasteiger partial charge >= 0.3 is 0 Å². The van der Waals surface area contributed by atoms with Crippen molar-refractivity contribution in [3.05, 3.63) is 66.2 Å². The summed E-state index contributed by atoms with van der Waals surface area (Å²) >= 11 is 0. The van der Waals surface area contributed by atoms with Gasteiger partial charge in [-0.05, 0) is 23.8 Å². The maximum atomic E-state index is 11.6. The summed E-state index contributed by atoms with van der Waals surface area (Å²) in [5.41, 5.74) is 3.80. The molecule has 0 bridgehead atoms. The van der Waals surface area contributed by atoms with Gasteiger partial charge in [0.15, 0.2) is 9.84 Å². The molecular formula is C18H16N4O2S. The lowest BCUT2D eigenvalue weighted by Crippen LogP contribution is -2.16. The van der Waals surface area contributed by atoms with Crippen LogP contribution in [0.2, 0.25) is 0 Å². The Morgan fingerprint density at radius 3 is 2.56 bits per heavy atom. The van der Waals surface area contributed by atoms with E-state index in [1.807, 2.05) is 6.07 Å². The van der Waals surface area contributed by atoms with Gasteiger partial charge in [0.25, 0.3) is 0 Å². The molecule has 0 radical (unpaired) electrons. The Labute approximate surface area is 146 Å². The number of aromatic nitrogens is 3. The molecule has 4 rings (SSSR count). The smallest absolute Gasteiger partial charge is 0.175 e. The van der Waals surface area contributed by atoms with E-state index in [0.29, 0.717) is 17.1 Å². The summed E-state index contributed by atoms with van der Waals surface area (Å²) in [7, 11) is -3.20. The Morgan fingerprint density at radius 1 is 1.04 bits per heavy atom.